The number of hydrogen-bond acceptors (Lipinski definition) is 5. The lowest BCUT2D eigenvalue weighted by atomic mass is 10.1. The molecule has 1 N–H and O–H groups in total. The Balaban J connectivity index is 2.27. The summed E-state index contributed by atoms with van der Waals surface area (Å²) >= 11 is 0. The number of aromatic nitrogens is 1. The van der Waals surface area contributed by atoms with Gasteiger partial charge >= 0.3 is 0 Å². The molecular weight excluding hydrogens is 182 g/mol. The van der Waals surface area contributed by atoms with Crippen molar-refractivity contribution >= 4 is 6.40 Å². The summed E-state index contributed by atoms with van der Waals surface area (Å²) in [6, 6.07) is 3.49. The standard InChI is InChI=1S/C9H11N3O2/c1-9(13,12-7-14-6-11-12)8-2-4-10-5-3-8/h2-6,13H,7H2,1H3. The predicted octanol–water partition coefficient (Wildman–Crippen LogP) is 0.480. The van der Waals surface area contributed by atoms with Crippen molar-refractivity contribution in [3.05, 3.63) is 30.1 Å². The Labute approximate surface area is 81.6 Å². The Bertz CT molecular complexity index is 337. The average Bonchev–Trinajstić information content (AvgIpc) is 2.72. The van der Waals surface area contributed by atoms with E-state index in [-0.39, 0.29) is 6.73 Å². The van der Waals surface area contributed by atoms with Crippen LogP contribution in [0.5, 0.6) is 0 Å². The molecule has 0 saturated heterocycles. The molecule has 2 rings (SSSR count). The van der Waals surface area contributed by atoms with E-state index in [9.17, 15) is 5.11 Å². The molecule has 0 radical (unpaired) electrons. The average molecular weight is 193 g/mol. The van der Waals surface area contributed by atoms with E-state index in [2.05, 4.69) is 10.1 Å². The third kappa shape index (κ3) is 1.42. The lowest BCUT2D eigenvalue weighted by molar-refractivity contribution is -0.115. The van der Waals surface area contributed by atoms with E-state index in [0.717, 1.165) is 5.56 Å². The molecule has 0 bridgehead atoms. The predicted molar refractivity (Wildman–Crippen MR) is 50.1 cm³/mol. The van der Waals surface area contributed by atoms with Crippen LogP contribution in [0.15, 0.2) is 29.6 Å². The highest BCUT2D eigenvalue weighted by Crippen LogP contribution is 2.25. The zero-order chi connectivity index (χ0) is 10.0. The molecule has 0 fully saturated rings. The highest BCUT2D eigenvalue weighted by Gasteiger charge is 2.32. The Hall–Kier alpha value is -1.62. The van der Waals surface area contributed by atoms with Crippen LogP contribution in [0.4, 0.5) is 0 Å². The van der Waals surface area contributed by atoms with Crippen LogP contribution < -0.4 is 0 Å². The number of hydrazone groups is 1. The third-order valence-corrected chi connectivity index (χ3v) is 2.19. The first-order valence-electron chi connectivity index (χ1n) is 4.26. The van der Waals surface area contributed by atoms with Crippen molar-refractivity contribution in [2.45, 2.75) is 12.6 Å². The molecule has 0 aromatic carbocycles. The lowest BCUT2D eigenvalue weighted by Crippen LogP contribution is -2.39. The van der Waals surface area contributed by atoms with Crippen molar-refractivity contribution < 1.29 is 9.84 Å². The fraction of sp³-hybridized carbons (Fsp3) is 0.333. The number of pyridine rings is 1. The summed E-state index contributed by atoms with van der Waals surface area (Å²) < 4.78 is 4.92. The van der Waals surface area contributed by atoms with Crippen LogP contribution in [0.2, 0.25) is 0 Å². The van der Waals surface area contributed by atoms with Crippen molar-refractivity contribution in [3.63, 3.8) is 0 Å². The monoisotopic (exact) mass is 193 g/mol. The summed E-state index contributed by atoms with van der Waals surface area (Å²) in [6.45, 7) is 1.92. The molecule has 0 saturated carbocycles. The first kappa shape index (κ1) is 8.96. The van der Waals surface area contributed by atoms with Gasteiger partial charge in [-0.2, -0.15) is 0 Å². The molecule has 0 aliphatic carbocycles. The molecule has 5 nitrogen and oxygen atoms in total. The fourth-order valence-corrected chi connectivity index (χ4v) is 1.28. The minimum atomic E-state index is -1.16. The SMILES string of the molecule is CC(O)(c1ccncc1)N1COC=N1. The second-order valence-corrected chi connectivity index (χ2v) is 3.17. The van der Waals surface area contributed by atoms with Crippen molar-refractivity contribution in [1.82, 2.24) is 9.99 Å². The van der Waals surface area contributed by atoms with Crippen molar-refractivity contribution in [3.8, 4) is 0 Å². The quantitative estimate of drug-likeness (QED) is 0.742. The van der Waals surface area contributed by atoms with Gasteiger partial charge in [0.25, 0.3) is 0 Å². The first-order chi connectivity index (χ1) is 6.71. The van der Waals surface area contributed by atoms with Crippen LogP contribution in [-0.2, 0) is 10.5 Å². The van der Waals surface area contributed by atoms with Crippen LogP contribution >= 0.6 is 0 Å². The van der Waals surface area contributed by atoms with E-state index in [4.69, 9.17) is 4.74 Å². The molecule has 2 heterocycles. The van der Waals surface area contributed by atoms with Gasteiger partial charge in [-0.25, -0.2) is 5.01 Å². The largest absolute Gasteiger partial charge is 0.459 e. The number of hydrogen-bond donors (Lipinski definition) is 1. The summed E-state index contributed by atoms with van der Waals surface area (Å²) in [5.41, 5.74) is -0.425. The highest BCUT2D eigenvalue weighted by molar-refractivity contribution is 5.47. The Morgan fingerprint density at radius 1 is 1.50 bits per heavy atom. The van der Waals surface area contributed by atoms with Crippen LogP contribution in [0.1, 0.15) is 12.5 Å². The molecular formula is C9H11N3O2. The minimum Gasteiger partial charge on any atom is -0.459 e. The highest BCUT2D eigenvalue weighted by atomic mass is 16.5. The van der Waals surface area contributed by atoms with Crippen molar-refractivity contribution in [2.24, 2.45) is 5.10 Å². The van der Waals surface area contributed by atoms with Gasteiger partial charge < -0.3 is 9.84 Å². The van der Waals surface area contributed by atoms with Gasteiger partial charge in [0.05, 0.1) is 0 Å². The zero-order valence-electron chi connectivity index (χ0n) is 7.79. The van der Waals surface area contributed by atoms with E-state index in [1.54, 1.807) is 31.5 Å². The maximum absolute atomic E-state index is 10.2. The molecule has 0 spiro atoms. The summed E-state index contributed by atoms with van der Waals surface area (Å²) in [5, 5.41) is 15.6. The molecule has 5 heteroatoms. The van der Waals surface area contributed by atoms with Crippen LogP contribution in [0, 0.1) is 0 Å². The summed E-state index contributed by atoms with van der Waals surface area (Å²) in [5.74, 6) is 0. The van der Waals surface area contributed by atoms with E-state index in [1.165, 1.54) is 11.4 Å². The van der Waals surface area contributed by atoms with Crippen molar-refractivity contribution in [1.29, 1.82) is 0 Å². The topological polar surface area (TPSA) is 58.0 Å². The summed E-state index contributed by atoms with van der Waals surface area (Å²) in [6.07, 6.45) is 4.57. The summed E-state index contributed by atoms with van der Waals surface area (Å²) in [4.78, 5) is 3.89. The van der Waals surface area contributed by atoms with Gasteiger partial charge in [0.1, 0.15) is 0 Å². The molecule has 1 aliphatic heterocycles. The number of ether oxygens (including phenoxy) is 1. The van der Waals surface area contributed by atoms with Crippen LogP contribution in [-0.4, -0.2) is 28.2 Å². The fourth-order valence-electron chi connectivity index (χ4n) is 1.28. The van der Waals surface area contributed by atoms with Gasteiger partial charge in [0.15, 0.2) is 18.9 Å². The van der Waals surface area contributed by atoms with Gasteiger partial charge in [0, 0.05) is 18.0 Å². The molecule has 1 aliphatic rings. The van der Waals surface area contributed by atoms with Gasteiger partial charge in [-0.3, -0.25) is 4.98 Å². The van der Waals surface area contributed by atoms with E-state index in [0.29, 0.717) is 0 Å². The van der Waals surface area contributed by atoms with E-state index in [1.807, 2.05) is 0 Å². The maximum atomic E-state index is 10.2. The molecule has 14 heavy (non-hydrogen) atoms. The van der Waals surface area contributed by atoms with E-state index < -0.39 is 5.72 Å². The van der Waals surface area contributed by atoms with Crippen LogP contribution in [0.3, 0.4) is 0 Å². The minimum absolute atomic E-state index is 0.259. The molecule has 0 amide bonds. The lowest BCUT2D eigenvalue weighted by Gasteiger charge is -2.30. The second-order valence-electron chi connectivity index (χ2n) is 3.17. The number of rotatable bonds is 2. The summed E-state index contributed by atoms with van der Waals surface area (Å²) in [7, 11) is 0. The molecule has 74 valence electrons. The number of aliphatic hydroxyl groups is 1. The van der Waals surface area contributed by atoms with Gasteiger partial charge in [-0.1, -0.05) is 0 Å². The Morgan fingerprint density at radius 2 is 2.21 bits per heavy atom. The second kappa shape index (κ2) is 3.26. The zero-order valence-corrected chi connectivity index (χ0v) is 7.79. The van der Waals surface area contributed by atoms with Gasteiger partial charge in [-0.15, -0.1) is 5.10 Å². The molecule has 1 unspecified atom stereocenters. The molecule has 1 aromatic heterocycles. The normalized spacial score (nSPS) is 19.1. The molecule has 1 atom stereocenters. The third-order valence-electron chi connectivity index (χ3n) is 2.19. The van der Waals surface area contributed by atoms with Gasteiger partial charge in [0.2, 0.25) is 0 Å². The van der Waals surface area contributed by atoms with E-state index >= 15 is 0 Å². The molecule has 1 aromatic rings. The maximum Gasteiger partial charge on any atom is 0.195 e. The van der Waals surface area contributed by atoms with Gasteiger partial charge in [-0.05, 0) is 19.1 Å². The number of nitrogens with zero attached hydrogens (tertiary/aromatic N) is 3. The smallest absolute Gasteiger partial charge is 0.195 e. The Morgan fingerprint density at radius 3 is 2.79 bits per heavy atom. The first-order valence-corrected chi connectivity index (χ1v) is 4.26. The van der Waals surface area contributed by atoms with Crippen molar-refractivity contribution in [2.75, 3.05) is 6.73 Å². The van der Waals surface area contributed by atoms with Crippen LogP contribution in [0.25, 0.3) is 0 Å². The Kier molecular flexibility index (Phi) is 2.09.